The topological polar surface area (TPSA) is 57.5 Å². The fourth-order valence-corrected chi connectivity index (χ4v) is 1.70. The third kappa shape index (κ3) is 2.75. The highest BCUT2D eigenvalue weighted by atomic mass is 16.4. The molecule has 0 radical (unpaired) electrons. The number of hydrogen-bond acceptors (Lipinski definition) is 2. The summed E-state index contributed by atoms with van der Waals surface area (Å²) in [5.41, 5.74) is 2.06. The van der Waals surface area contributed by atoms with Gasteiger partial charge < -0.3 is 10.2 Å². The lowest BCUT2D eigenvalue weighted by molar-refractivity contribution is -0.136. The van der Waals surface area contributed by atoms with Crippen molar-refractivity contribution in [1.82, 2.24) is 0 Å². The Bertz CT molecular complexity index is 414. The van der Waals surface area contributed by atoms with E-state index in [0.717, 1.165) is 16.7 Å². The predicted octanol–water partition coefficient (Wildman–Crippen LogP) is 2.63. The number of carbonyl (C=O) groups is 1. The van der Waals surface area contributed by atoms with Gasteiger partial charge in [0, 0.05) is 0 Å². The van der Waals surface area contributed by atoms with Crippen LogP contribution < -0.4 is 0 Å². The highest BCUT2D eigenvalue weighted by Gasteiger charge is 2.20. The van der Waals surface area contributed by atoms with Gasteiger partial charge in [0.2, 0.25) is 0 Å². The lowest BCUT2D eigenvalue weighted by Crippen LogP contribution is -2.13. The van der Waals surface area contributed by atoms with Crippen LogP contribution >= 0.6 is 0 Å². The Morgan fingerprint density at radius 1 is 1.31 bits per heavy atom. The fraction of sp³-hybridized carbons (Fsp3) is 0.462. The van der Waals surface area contributed by atoms with Crippen molar-refractivity contribution in [2.45, 2.75) is 39.5 Å². The van der Waals surface area contributed by atoms with Crippen LogP contribution in [0.25, 0.3) is 0 Å². The quantitative estimate of drug-likeness (QED) is 0.808. The first-order valence-electron chi connectivity index (χ1n) is 5.26. The number of rotatable bonds is 2. The Morgan fingerprint density at radius 3 is 2.31 bits per heavy atom. The second-order valence-electron chi connectivity index (χ2n) is 5.13. The maximum Gasteiger partial charge on any atom is 0.307 e. The summed E-state index contributed by atoms with van der Waals surface area (Å²) in [7, 11) is 0. The van der Waals surface area contributed by atoms with Crippen LogP contribution in [0, 0.1) is 6.92 Å². The number of phenols is 1. The van der Waals surface area contributed by atoms with Crippen molar-refractivity contribution in [2.24, 2.45) is 0 Å². The summed E-state index contributed by atoms with van der Waals surface area (Å²) < 4.78 is 0. The van der Waals surface area contributed by atoms with Crippen molar-refractivity contribution < 1.29 is 15.0 Å². The van der Waals surface area contributed by atoms with Crippen molar-refractivity contribution >= 4 is 5.97 Å². The molecule has 0 aliphatic rings. The summed E-state index contributed by atoms with van der Waals surface area (Å²) in [6, 6.07) is 3.50. The molecule has 0 heterocycles. The van der Waals surface area contributed by atoms with E-state index in [4.69, 9.17) is 5.11 Å². The normalized spacial score (nSPS) is 11.5. The molecule has 0 saturated heterocycles. The number of aryl methyl sites for hydroxylation is 1. The maximum atomic E-state index is 10.7. The van der Waals surface area contributed by atoms with Crippen LogP contribution in [0.2, 0.25) is 0 Å². The van der Waals surface area contributed by atoms with Gasteiger partial charge in [-0.25, -0.2) is 0 Å². The van der Waals surface area contributed by atoms with E-state index in [2.05, 4.69) is 0 Å². The zero-order valence-electron chi connectivity index (χ0n) is 10.2. The molecule has 1 aromatic carbocycles. The van der Waals surface area contributed by atoms with Crippen LogP contribution in [-0.4, -0.2) is 16.2 Å². The van der Waals surface area contributed by atoms with Crippen LogP contribution in [0.4, 0.5) is 0 Å². The van der Waals surface area contributed by atoms with Gasteiger partial charge in [0.1, 0.15) is 5.75 Å². The number of aliphatic carboxylic acids is 1. The Morgan fingerprint density at radius 2 is 1.88 bits per heavy atom. The molecule has 0 bridgehead atoms. The van der Waals surface area contributed by atoms with Gasteiger partial charge in [0.05, 0.1) is 6.42 Å². The average molecular weight is 222 g/mol. The molecule has 3 nitrogen and oxygen atoms in total. The van der Waals surface area contributed by atoms with Crippen LogP contribution in [0.15, 0.2) is 12.1 Å². The number of phenolic OH excluding ortho intramolecular Hbond substituents is 1. The van der Waals surface area contributed by atoms with Crippen LogP contribution in [0.1, 0.15) is 37.5 Å². The van der Waals surface area contributed by atoms with E-state index in [-0.39, 0.29) is 17.6 Å². The van der Waals surface area contributed by atoms with Crippen molar-refractivity contribution in [1.29, 1.82) is 0 Å². The molecule has 0 saturated carbocycles. The summed E-state index contributed by atoms with van der Waals surface area (Å²) in [6.45, 7) is 7.76. The second-order valence-corrected chi connectivity index (χ2v) is 5.13. The monoisotopic (exact) mass is 222 g/mol. The van der Waals surface area contributed by atoms with Crippen molar-refractivity contribution in [3.63, 3.8) is 0 Å². The minimum atomic E-state index is -0.857. The summed E-state index contributed by atoms with van der Waals surface area (Å²) in [5, 5.41) is 18.7. The van der Waals surface area contributed by atoms with E-state index in [1.165, 1.54) is 0 Å². The van der Waals surface area contributed by atoms with Gasteiger partial charge in [-0.2, -0.15) is 0 Å². The van der Waals surface area contributed by atoms with Crippen LogP contribution in [0.3, 0.4) is 0 Å². The first-order chi connectivity index (χ1) is 7.21. The largest absolute Gasteiger partial charge is 0.507 e. The molecule has 1 aromatic rings. The Kier molecular flexibility index (Phi) is 3.27. The molecule has 2 N–H and O–H groups in total. The SMILES string of the molecule is Cc1cc(CC(=O)O)cc(C(C)(C)C)c1O. The Hall–Kier alpha value is -1.51. The first-order valence-corrected chi connectivity index (χ1v) is 5.26. The molecule has 0 amide bonds. The molecular weight excluding hydrogens is 204 g/mol. The highest BCUT2D eigenvalue weighted by Crippen LogP contribution is 2.34. The van der Waals surface area contributed by atoms with Gasteiger partial charge in [-0.3, -0.25) is 4.79 Å². The van der Waals surface area contributed by atoms with E-state index < -0.39 is 5.97 Å². The lowest BCUT2D eigenvalue weighted by Gasteiger charge is -2.22. The van der Waals surface area contributed by atoms with Gasteiger partial charge in [-0.1, -0.05) is 32.9 Å². The zero-order valence-corrected chi connectivity index (χ0v) is 10.2. The Balaban J connectivity index is 3.28. The molecule has 16 heavy (non-hydrogen) atoms. The molecule has 3 heteroatoms. The Labute approximate surface area is 95.7 Å². The molecule has 0 aromatic heterocycles. The molecule has 0 spiro atoms. The summed E-state index contributed by atoms with van der Waals surface area (Å²) in [4.78, 5) is 10.7. The smallest absolute Gasteiger partial charge is 0.307 e. The molecule has 0 atom stereocenters. The number of aromatic hydroxyl groups is 1. The van der Waals surface area contributed by atoms with E-state index >= 15 is 0 Å². The minimum Gasteiger partial charge on any atom is -0.507 e. The standard InChI is InChI=1S/C13H18O3/c1-8-5-9(7-11(14)15)6-10(12(8)16)13(2,3)4/h5-6,16H,7H2,1-4H3,(H,14,15). The van der Waals surface area contributed by atoms with E-state index in [0.29, 0.717) is 0 Å². The maximum absolute atomic E-state index is 10.7. The lowest BCUT2D eigenvalue weighted by atomic mass is 9.84. The highest BCUT2D eigenvalue weighted by molar-refractivity contribution is 5.70. The van der Waals surface area contributed by atoms with Crippen molar-refractivity contribution in [3.8, 4) is 5.75 Å². The van der Waals surface area contributed by atoms with Crippen LogP contribution in [-0.2, 0) is 16.6 Å². The van der Waals surface area contributed by atoms with Gasteiger partial charge in [-0.05, 0) is 29.0 Å². The van der Waals surface area contributed by atoms with Gasteiger partial charge in [0.25, 0.3) is 0 Å². The molecule has 1 rings (SSSR count). The average Bonchev–Trinajstić information content (AvgIpc) is 2.08. The number of carboxylic acid groups (broad SMARTS) is 1. The fourth-order valence-electron chi connectivity index (χ4n) is 1.70. The molecule has 88 valence electrons. The van der Waals surface area contributed by atoms with Gasteiger partial charge in [-0.15, -0.1) is 0 Å². The number of benzene rings is 1. The molecule has 0 aliphatic heterocycles. The minimum absolute atomic E-state index is 0.00972. The first kappa shape index (κ1) is 12.6. The summed E-state index contributed by atoms with van der Waals surface area (Å²) in [6.07, 6.45) is -0.00972. The zero-order chi connectivity index (χ0) is 12.5. The van der Waals surface area contributed by atoms with E-state index in [1.54, 1.807) is 19.1 Å². The third-order valence-electron chi connectivity index (χ3n) is 2.52. The number of carboxylic acids is 1. The van der Waals surface area contributed by atoms with Crippen molar-refractivity contribution in [2.75, 3.05) is 0 Å². The van der Waals surface area contributed by atoms with E-state index in [1.807, 2.05) is 20.8 Å². The van der Waals surface area contributed by atoms with Gasteiger partial charge in [0.15, 0.2) is 0 Å². The predicted molar refractivity (Wildman–Crippen MR) is 62.9 cm³/mol. The molecule has 0 fully saturated rings. The second kappa shape index (κ2) is 4.16. The molecular formula is C13H18O3. The van der Waals surface area contributed by atoms with Crippen LogP contribution in [0.5, 0.6) is 5.75 Å². The van der Waals surface area contributed by atoms with E-state index in [9.17, 15) is 9.90 Å². The molecule has 0 aliphatic carbocycles. The third-order valence-corrected chi connectivity index (χ3v) is 2.52. The molecule has 0 unspecified atom stereocenters. The van der Waals surface area contributed by atoms with Crippen molar-refractivity contribution in [3.05, 3.63) is 28.8 Å². The summed E-state index contributed by atoms with van der Waals surface area (Å²) >= 11 is 0. The summed E-state index contributed by atoms with van der Waals surface area (Å²) in [5.74, 6) is -0.591. The van der Waals surface area contributed by atoms with Gasteiger partial charge >= 0.3 is 5.97 Å². The number of hydrogen-bond donors (Lipinski definition) is 2.